The molecule has 0 rings (SSSR count). The molecule has 8 heteroatoms. The van der Waals surface area contributed by atoms with Gasteiger partial charge in [-0.25, -0.2) is 0 Å². The number of hydrogen-bond acceptors (Lipinski definition) is 0. The molecule has 0 nitrogen and oxygen atoms in total. The van der Waals surface area contributed by atoms with Gasteiger partial charge in [0.05, 0.1) is 13.4 Å². The Morgan fingerprint density at radius 1 is 0.500 bits per heavy atom. The highest BCUT2D eigenvalue weighted by atomic mass is 36.4. The van der Waals surface area contributed by atoms with Crippen molar-refractivity contribution in [1.82, 2.24) is 0 Å². The first kappa shape index (κ1) is 10.4. The maximum atomic E-state index is 5.26. The zero-order chi connectivity index (χ0) is 7.00. The molecule has 0 atom stereocenters. The van der Waals surface area contributed by atoms with Gasteiger partial charge >= 0.3 is 0 Å². The summed E-state index contributed by atoms with van der Waals surface area (Å²) in [5.41, 5.74) is 0. The standard InChI is InChI=1S/Cl6S2/c1-7(2,3)8(4,5)6. The highest BCUT2D eigenvalue weighted by Crippen LogP contribution is 2.97. The third-order valence-electron chi connectivity index (χ3n) is 0.214. The normalized spacial score (nSPS) is 18.2. The largest absolute Gasteiger partial charge is 0.0669 e. The molecule has 0 heterocycles. The van der Waals surface area contributed by atoms with E-state index in [1.54, 1.807) is 0 Å². The molecule has 0 aromatic heterocycles. The van der Waals surface area contributed by atoms with Gasteiger partial charge in [0.2, 0.25) is 0 Å². The van der Waals surface area contributed by atoms with Gasteiger partial charge in [0.15, 0.2) is 0 Å². The van der Waals surface area contributed by atoms with Crippen molar-refractivity contribution >= 4 is 77.5 Å². The maximum absolute atomic E-state index is 5.26. The lowest BCUT2D eigenvalue weighted by atomic mass is 30.5. The van der Waals surface area contributed by atoms with E-state index in [1.807, 2.05) is 0 Å². The summed E-state index contributed by atoms with van der Waals surface area (Å²) in [6.07, 6.45) is 0. The van der Waals surface area contributed by atoms with Crippen molar-refractivity contribution in [2.24, 2.45) is 0 Å². The molecule has 0 aliphatic carbocycles. The van der Waals surface area contributed by atoms with Gasteiger partial charge in [-0.3, -0.25) is 0 Å². The van der Waals surface area contributed by atoms with Crippen LogP contribution >= 0.6 is 77.5 Å². The molecule has 0 aromatic rings. The van der Waals surface area contributed by atoms with E-state index in [0.717, 1.165) is 0 Å². The first-order chi connectivity index (χ1) is 3.25. The van der Waals surface area contributed by atoms with Crippen LogP contribution in [0.4, 0.5) is 0 Å². The van der Waals surface area contributed by atoms with Crippen LogP contribution in [0.1, 0.15) is 0 Å². The van der Waals surface area contributed by atoms with Crippen molar-refractivity contribution in [2.45, 2.75) is 0 Å². The molecule has 0 N–H and O–H groups in total. The lowest BCUT2D eigenvalue weighted by Gasteiger charge is -2.27. The Hall–Kier alpha value is 2.44. The molecular weight excluding hydrogens is 277 g/mol. The highest BCUT2D eigenvalue weighted by molar-refractivity contribution is 9.43. The smallest absolute Gasteiger partial charge is 0.0223 e. The molecule has 0 fully saturated rings. The molecule has 0 spiro atoms. The topological polar surface area (TPSA) is 0 Å². The van der Waals surface area contributed by atoms with Crippen LogP contribution in [0.25, 0.3) is 0 Å². The average molecular weight is 277 g/mol. The Labute approximate surface area is 76.7 Å². The molecule has 0 saturated heterocycles. The maximum Gasteiger partial charge on any atom is 0.0669 e. The molecule has 0 aliphatic rings. The summed E-state index contributed by atoms with van der Waals surface area (Å²) in [7, 11) is 31.6. The van der Waals surface area contributed by atoms with Crippen molar-refractivity contribution in [1.29, 1.82) is 0 Å². The summed E-state index contributed by atoms with van der Waals surface area (Å²) in [5, 5.41) is 0. The van der Waals surface area contributed by atoms with Crippen LogP contribution in [0.2, 0.25) is 0 Å². The molecule has 8 heavy (non-hydrogen) atoms. The van der Waals surface area contributed by atoms with E-state index < -0.39 is 13.4 Å². The number of halogens is 6. The number of hydrogen-bond donors (Lipinski definition) is 0. The van der Waals surface area contributed by atoms with Crippen molar-refractivity contribution in [3.05, 3.63) is 0 Å². The second-order valence-electron chi connectivity index (χ2n) is 0.728. The first-order valence-corrected chi connectivity index (χ1v) is 9.83. The Kier molecular flexibility index (Phi) is 4.21. The molecule has 0 aliphatic heterocycles. The van der Waals surface area contributed by atoms with Crippen molar-refractivity contribution in [3.8, 4) is 0 Å². The summed E-state index contributed by atoms with van der Waals surface area (Å²) in [5.74, 6) is 0. The fraction of sp³-hybridized carbons (Fsp3) is 0. The van der Waals surface area contributed by atoms with Crippen LogP contribution in [-0.2, 0) is 0 Å². The van der Waals surface area contributed by atoms with Crippen molar-refractivity contribution in [3.63, 3.8) is 0 Å². The van der Waals surface area contributed by atoms with E-state index >= 15 is 0 Å². The van der Waals surface area contributed by atoms with E-state index in [2.05, 4.69) is 0 Å². The summed E-state index contributed by atoms with van der Waals surface area (Å²) < 4.78 is 0. The predicted octanol–water partition coefficient (Wildman–Crippen LogP) is 5.43. The van der Waals surface area contributed by atoms with E-state index in [9.17, 15) is 0 Å². The molecule has 0 saturated carbocycles. The van der Waals surface area contributed by atoms with Crippen LogP contribution in [-0.4, -0.2) is 0 Å². The Balaban J connectivity index is 4.02. The minimum Gasteiger partial charge on any atom is -0.0223 e. The Morgan fingerprint density at radius 3 is 0.625 bits per heavy atom. The second-order valence-corrected chi connectivity index (χ2v) is 19.7. The third-order valence-corrected chi connectivity index (χ3v) is 17.4. The summed E-state index contributed by atoms with van der Waals surface area (Å²) in [4.78, 5) is 0. The average Bonchev–Trinajstić information content (AvgIpc) is 1.25. The van der Waals surface area contributed by atoms with Gasteiger partial charge in [-0.2, -0.15) is 0 Å². The van der Waals surface area contributed by atoms with Crippen molar-refractivity contribution < 1.29 is 0 Å². The minimum atomic E-state index is -2.54. The van der Waals surface area contributed by atoms with Gasteiger partial charge in [0.25, 0.3) is 0 Å². The molecule has 0 radical (unpaired) electrons. The van der Waals surface area contributed by atoms with Crippen LogP contribution < -0.4 is 0 Å². The second kappa shape index (κ2) is 3.22. The molecule has 0 amide bonds. The van der Waals surface area contributed by atoms with E-state index in [4.69, 9.17) is 64.1 Å². The van der Waals surface area contributed by atoms with Gasteiger partial charge in [-0.15, -0.1) is 0 Å². The van der Waals surface area contributed by atoms with Gasteiger partial charge in [0, 0.05) is 0 Å². The van der Waals surface area contributed by atoms with E-state index in [1.165, 1.54) is 0 Å². The fourth-order valence-electron chi connectivity index (χ4n) is 0. The highest BCUT2D eigenvalue weighted by Gasteiger charge is 2.34. The SMILES string of the molecule is ClS(Cl)(Cl)S(Cl)(Cl)Cl. The first-order valence-electron chi connectivity index (χ1n) is 1.09. The van der Waals surface area contributed by atoms with Crippen LogP contribution in [0.3, 0.4) is 0 Å². The summed E-state index contributed by atoms with van der Waals surface area (Å²) >= 11 is 0. The molecule has 0 aromatic carbocycles. The molecule has 54 valence electrons. The Bertz CT molecular complexity index is 61.5. The summed E-state index contributed by atoms with van der Waals surface area (Å²) in [6.45, 7) is -5.09. The van der Waals surface area contributed by atoms with Crippen LogP contribution in [0.15, 0.2) is 0 Å². The van der Waals surface area contributed by atoms with Gasteiger partial charge < -0.3 is 0 Å². The van der Waals surface area contributed by atoms with Gasteiger partial charge in [0.1, 0.15) is 0 Å². The lowest BCUT2D eigenvalue weighted by molar-refractivity contribution is 4.45. The van der Waals surface area contributed by atoms with E-state index in [-0.39, 0.29) is 0 Å². The Morgan fingerprint density at radius 2 is 0.625 bits per heavy atom. The monoisotopic (exact) mass is 274 g/mol. The minimum absolute atomic E-state index is 2.54. The van der Waals surface area contributed by atoms with Gasteiger partial charge in [-0.1, -0.05) is 0 Å². The van der Waals surface area contributed by atoms with Crippen LogP contribution in [0.5, 0.6) is 0 Å². The van der Waals surface area contributed by atoms with E-state index in [0.29, 0.717) is 0 Å². The van der Waals surface area contributed by atoms with Gasteiger partial charge in [-0.05, 0) is 64.1 Å². The fourth-order valence-corrected chi connectivity index (χ4v) is 0. The molecule has 0 bridgehead atoms. The third kappa shape index (κ3) is 3.57. The predicted molar refractivity (Wildman–Crippen MR) is 50.3 cm³/mol. The lowest BCUT2D eigenvalue weighted by Crippen LogP contribution is -1.64. The van der Waals surface area contributed by atoms with Crippen molar-refractivity contribution in [2.75, 3.05) is 0 Å². The zero-order valence-corrected chi connectivity index (χ0v) is 9.25. The summed E-state index contributed by atoms with van der Waals surface area (Å²) in [6, 6.07) is 0. The van der Waals surface area contributed by atoms with Crippen LogP contribution in [0, 0.1) is 0 Å². The number of rotatable bonds is 1. The molecule has 0 unspecified atom stereocenters. The quantitative estimate of drug-likeness (QED) is 0.560. The molecular formula is Cl6S2. The zero-order valence-electron chi connectivity index (χ0n) is 3.08.